The molecule has 1 aromatic carbocycles. The summed E-state index contributed by atoms with van der Waals surface area (Å²) in [7, 11) is 0. The number of benzene rings is 1. The minimum atomic E-state index is -1.02. The molecule has 0 amide bonds. The van der Waals surface area contributed by atoms with E-state index in [4.69, 9.17) is 15.3 Å². The summed E-state index contributed by atoms with van der Waals surface area (Å²) in [5.41, 5.74) is 6.85. The summed E-state index contributed by atoms with van der Waals surface area (Å²) >= 11 is 0. The van der Waals surface area contributed by atoms with Gasteiger partial charge in [-0.1, -0.05) is 0 Å². The van der Waals surface area contributed by atoms with Crippen LogP contribution >= 0.6 is 0 Å². The average molecular weight is 260 g/mol. The van der Waals surface area contributed by atoms with Gasteiger partial charge in [-0.2, -0.15) is 0 Å². The highest BCUT2D eigenvalue weighted by atomic mass is 16.4. The Balaban J connectivity index is 2.28. The number of furan rings is 1. The van der Waals surface area contributed by atoms with Crippen LogP contribution < -0.4 is 10.6 Å². The lowest BCUT2D eigenvalue weighted by Crippen LogP contribution is -2.22. The van der Waals surface area contributed by atoms with Crippen molar-refractivity contribution in [1.29, 1.82) is 0 Å². The molecule has 5 nitrogen and oxygen atoms in total. The van der Waals surface area contributed by atoms with Gasteiger partial charge in [0.15, 0.2) is 0 Å². The number of anilines is 2. The average Bonchev–Trinajstić information content (AvgIpc) is 2.89. The number of aromatic carboxylic acids is 1. The van der Waals surface area contributed by atoms with Crippen LogP contribution in [0.1, 0.15) is 23.0 Å². The zero-order valence-electron chi connectivity index (χ0n) is 10.7. The smallest absolute Gasteiger partial charge is 0.337 e. The van der Waals surface area contributed by atoms with E-state index in [1.807, 2.05) is 30.0 Å². The first kappa shape index (κ1) is 13.0. The standard InChI is InChI=1S/C14H16N2O3/c1-2-16(9-11-4-3-7-19-11)10-5-6-13(15)12(8-10)14(17)18/h3-8H,2,9,15H2,1H3,(H,17,18). The Kier molecular flexibility index (Phi) is 3.75. The molecule has 0 saturated carbocycles. The van der Waals surface area contributed by atoms with E-state index in [0.29, 0.717) is 6.54 Å². The van der Waals surface area contributed by atoms with Crippen molar-refractivity contribution in [1.82, 2.24) is 0 Å². The van der Waals surface area contributed by atoms with Gasteiger partial charge in [0.25, 0.3) is 0 Å². The minimum Gasteiger partial charge on any atom is -0.478 e. The molecule has 0 radical (unpaired) electrons. The molecule has 2 rings (SSSR count). The molecule has 0 aliphatic carbocycles. The van der Waals surface area contributed by atoms with Gasteiger partial charge < -0.3 is 20.2 Å². The molecule has 2 aromatic rings. The van der Waals surface area contributed by atoms with E-state index in [1.165, 1.54) is 0 Å². The second-order valence-electron chi connectivity index (χ2n) is 4.17. The molecule has 0 bridgehead atoms. The first-order valence-corrected chi connectivity index (χ1v) is 6.02. The highest BCUT2D eigenvalue weighted by Crippen LogP contribution is 2.23. The summed E-state index contributed by atoms with van der Waals surface area (Å²) in [5.74, 6) is -0.191. The van der Waals surface area contributed by atoms with Crippen molar-refractivity contribution in [3.8, 4) is 0 Å². The van der Waals surface area contributed by atoms with E-state index in [0.717, 1.165) is 18.0 Å². The van der Waals surface area contributed by atoms with Gasteiger partial charge in [0.05, 0.1) is 18.4 Å². The number of carbonyl (C=O) groups is 1. The minimum absolute atomic E-state index is 0.121. The van der Waals surface area contributed by atoms with Crippen LogP contribution in [0.15, 0.2) is 41.0 Å². The van der Waals surface area contributed by atoms with Crippen molar-refractivity contribution in [2.24, 2.45) is 0 Å². The summed E-state index contributed by atoms with van der Waals surface area (Å²) in [5, 5.41) is 9.08. The fourth-order valence-electron chi connectivity index (χ4n) is 1.90. The van der Waals surface area contributed by atoms with Gasteiger partial charge in [0.1, 0.15) is 5.76 Å². The largest absolute Gasteiger partial charge is 0.478 e. The number of nitrogens with zero attached hydrogens (tertiary/aromatic N) is 1. The number of carboxylic acids is 1. The fourth-order valence-corrected chi connectivity index (χ4v) is 1.90. The van der Waals surface area contributed by atoms with E-state index in [1.54, 1.807) is 18.4 Å². The Bertz CT molecular complexity index is 564. The number of hydrogen-bond acceptors (Lipinski definition) is 4. The van der Waals surface area contributed by atoms with E-state index in [9.17, 15) is 4.79 Å². The second kappa shape index (κ2) is 5.48. The van der Waals surface area contributed by atoms with Gasteiger partial charge in [-0.15, -0.1) is 0 Å². The Morgan fingerprint density at radius 2 is 2.21 bits per heavy atom. The van der Waals surface area contributed by atoms with Crippen LogP contribution in [0.4, 0.5) is 11.4 Å². The molecule has 5 heteroatoms. The van der Waals surface area contributed by atoms with E-state index < -0.39 is 5.97 Å². The van der Waals surface area contributed by atoms with Crippen LogP contribution in [0.5, 0.6) is 0 Å². The van der Waals surface area contributed by atoms with Crippen molar-refractivity contribution in [3.63, 3.8) is 0 Å². The van der Waals surface area contributed by atoms with Gasteiger partial charge in [0, 0.05) is 17.9 Å². The second-order valence-corrected chi connectivity index (χ2v) is 4.17. The van der Waals surface area contributed by atoms with Crippen LogP contribution in [0.25, 0.3) is 0 Å². The molecule has 1 aromatic heterocycles. The summed E-state index contributed by atoms with van der Waals surface area (Å²) in [6.45, 7) is 3.33. The number of nitrogens with two attached hydrogens (primary N) is 1. The maximum absolute atomic E-state index is 11.1. The highest BCUT2D eigenvalue weighted by molar-refractivity contribution is 5.94. The summed E-state index contributed by atoms with van der Waals surface area (Å²) in [4.78, 5) is 13.1. The third-order valence-corrected chi connectivity index (χ3v) is 2.94. The maximum atomic E-state index is 11.1. The zero-order valence-corrected chi connectivity index (χ0v) is 10.7. The number of hydrogen-bond donors (Lipinski definition) is 2. The van der Waals surface area contributed by atoms with Gasteiger partial charge in [-0.05, 0) is 37.3 Å². The molecule has 100 valence electrons. The van der Waals surface area contributed by atoms with Gasteiger partial charge in [0.2, 0.25) is 0 Å². The SMILES string of the molecule is CCN(Cc1ccco1)c1ccc(N)c(C(=O)O)c1. The lowest BCUT2D eigenvalue weighted by atomic mass is 10.1. The Hall–Kier alpha value is -2.43. The molecule has 1 heterocycles. The zero-order chi connectivity index (χ0) is 13.8. The lowest BCUT2D eigenvalue weighted by molar-refractivity contribution is 0.0698. The molecular formula is C14H16N2O3. The Labute approximate surface area is 111 Å². The molecule has 0 aliphatic rings. The summed E-state index contributed by atoms with van der Waals surface area (Å²) in [6.07, 6.45) is 1.62. The van der Waals surface area contributed by atoms with Gasteiger partial charge in [-0.3, -0.25) is 0 Å². The first-order valence-electron chi connectivity index (χ1n) is 6.02. The number of nitrogen functional groups attached to an aromatic ring is 1. The fraction of sp³-hybridized carbons (Fsp3) is 0.214. The predicted octanol–water partition coefficient (Wildman–Crippen LogP) is 2.59. The van der Waals surface area contributed by atoms with Crippen LogP contribution in [0.2, 0.25) is 0 Å². The molecule has 0 fully saturated rings. The van der Waals surface area contributed by atoms with Crippen LogP contribution in [-0.4, -0.2) is 17.6 Å². The van der Waals surface area contributed by atoms with Gasteiger partial charge >= 0.3 is 5.97 Å². The van der Waals surface area contributed by atoms with E-state index in [2.05, 4.69) is 0 Å². The first-order chi connectivity index (χ1) is 9.11. The molecule has 3 N–H and O–H groups in total. The van der Waals surface area contributed by atoms with Crippen molar-refractivity contribution in [3.05, 3.63) is 47.9 Å². The van der Waals surface area contributed by atoms with Crippen molar-refractivity contribution < 1.29 is 14.3 Å². The Morgan fingerprint density at radius 3 is 2.79 bits per heavy atom. The van der Waals surface area contributed by atoms with Crippen LogP contribution in [-0.2, 0) is 6.54 Å². The molecule has 0 saturated heterocycles. The molecular weight excluding hydrogens is 244 g/mol. The Morgan fingerprint density at radius 1 is 1.42 bits per heavy atom. The van der Waals surface area contributed by atoms with Crippen LogP contribution in [0, 0.1) is 0 Å². The number of carboxylic acid groups (broad SMARTS) is 1. The third kappa shape index (κ3) is 2.88. The number of rotatable bonds is 5. The molecule has 0 spiro atoms. The maximum Gasteiger partial charge on any atom is 0.337 e. The van der Waals surface area contributed by atoms with Crippen molar-refractivity contribution >= 4 is 17.3 Å². The summed E-state index contributed by atoms with van der Waals surface area (Å²) < 4.78 is 5.31. The summed E-state index contributed by atoms with van der Waals surface area (Å²) in [6, 6.07) is 8.73. The van der Waals surface area contributed by atoms with Gasteiger partial charge in [-0.25, -0.2) is 4.79 Å². The monoisotopic (exact) mass is 260 g/mol. The van der Waals surface area contributed by atoms with Crippen LogP contribution in [0.3, 0.4) is 0 Å². The van der Waals surface area contributed by atoms with E-state index >= 15 is 0 Å². The normalized spacial score (nSPS) is 10.4. The van der Waals surface area contributed by atoms with E-state index in [-0.39, 0.29) is 11.3 Å². The van der Waals surface area contributed by atoms with Crippen molar-refractivity contribution in [2.45, 2.75) is 13.5 Å². The molecule has 0 unspecified atom stereocenters. The molecule has 0 aliphatic heterocycles. The lowest BCUT2D eigenvalue weighted by Gasteiger charge is -2.22. The van der Waals surface area contributed by atoms with Crippen molar-refractivity contribution in [2.75, 3.05) is 17.2 Å². The predicted molar refractivity (Wildman–Crippen MR) is 73.2 cm³/mol. The molecule has 0 atom stereocenters. The molecule has 19 heavy (non-hydrogen) atoms. The highest BCUT2D eigenvalue weighted by Gasteiger charge is 2.13. The topological polar surface area (TPSA) is 79.7 Å². The quantitative estimate of drug-likeness (QED) is 0.808. The third-order valence-electron chi connectivity index (χ3n) is 2.94.